The average Bonchev–Trinajstić information content (AvgIpc) is 3.65. The first-order valence-corrected chi connectivity index (χ1v) is 16.8. The van der Waals surface area contributed by atoms with E-state index in [1.807, 2.05) is 121 Å². The van der Waals surface area contributed by atoms with Gasteiger partial charge in [-0.1, -0.05) is 84.9 Å². The van der Waals surface area contributed by atoms with Gasteiger partial charge in [0.15, 0.2) is 5.78 Å². The monoisotopic (exact) mass is 743 g/mol. The Morgan fingerprint density at radius 1 is 0.542 bits per heavy atom. The van der Waals surface area contributed by atoms with Gasteiger partial charge in [0.2, 0.25) is 11.8 Å². The molecule has 5 aromatic carbocycles. The Morgan fingerprint density at radius 3 is 1.31 bits per heavy atom. The molecule has 2 bridgehead atoms. The molecule has 0 radical (unpaired) electrons. The van der Waals surface area contributed by atoms with Crippen molar-refractivity contribution in [1.82, 2.24) is 0 Å². The van der Waals surface area contributed by atoms with Crippen molar-refractivity contribution in [3.63, 3.8) is 0 Å². The number of ether oxygens (including phenoxy) is 2. The Bertz CT molecular complexity index is 1980. The zero-order chi connectivity index (χ0) is 33.2. The largest absolute Gasteiger partial charge is 0.497 e. The van der Waals surface area contributed by atoms with Gasteiger partial charge in [-0.25, -0.2) is 4.90 Å². The highest BCUT2D eigenvalue weighted by Crippen LogP contribution is 2.74. The van der Waals surface area contributed by atoms with Crippen molar-refractivity contribution < 1.29 is 23.9 Å². The van der Waals surface area contributed by atoms with E-state index in [-0.39, 0.29) is 17.6 Å². The number of carbonyl (C=O) groups excluding carboxylic acids is 3. The summed E-state index contributed by atoms with van der Waals surface area (Å²) >= 11 is 2.21. The van der Waals surface area contributed by atoms with E-state index in [1.165, 1.54) is 4.90 Å². The number of hydrogen-bond acceptors (Lipinski definition) is 5. The molecule has 0 aromatic heterocycles. The summed E-state index contributed by atoms with van der Waals surface area (Å²) in [7, 11) is 3.22. The van der Waals surface area contributed by atoms with Crippen LogP contribution in [0.5, 0.6) is 11.5 Å². The van der Waals surface area contributed by atoms with Crippen LogP contribution in [0, 0.1) is 15.4 Å². The maximum Gasteiger partial charge on any atom is 0.239 e. The Balaban J connectivity index is 1.54. The van der Waals surface area contributed by atoms with Gasteiger partial charge in [0, 0.05) is 3.57 Å². The van der Waals surface area contributed by atoms with Crippen molar-refractivity contribution in [3.05, 3.63) is 159 Å². The first kappa shape index (κ1) is 30.3. The fraction of sp³-hybridized carbons (Fsp3) is 0.146. The normalized spacial score (nSPS) is 24.3. The third-order valence-corrected chi connectivity index (χ3v) is 11.0. The molecule has 4 atom stereocenters. The van der Waals surface area contributed by atoms with E-state index in [9.17, 15) is 0 Å². The molecule has 2 fully saturated rings. The first-order valence-electron chi connectivity index (χ1n) is 15.7. The van der Waals surface area contributed by atoms with E-state index in [0.717, 1.165) is 25.8 Å². The fourth-order valence-corrected chi connectivity index (χ4v) is 8.84. The highest BCUT2D eigenvalue weighted by Gasteiger charge is 2.82. The molecular formula is C41H30INO5. The maximum absolute atomic E-state index is 16.0. The molecular weight excluding hydrogens is 713 g/mol. The summed E-state index contributed by atoms with van der Waals surface area (Å²) in [5, 5.41) is 0. The lowest BCUT2D eigenvalue weighted by molar-refractivity contribution is -0.130. The quantitative estimate of drug-likeness (QED) is 0.128. The Hall–Kier alpha value is -5.02. The first-order chi connectivity index (χ1) is 23.4. The van der Waals surface area contributed by atoms with Crippen molar-refractivity contribution in [2.45, 2.75) is 10.8 Å². The van der Waals surface area contributed by atoms with Crippen LogP contribution in [0.25, 0.3) is 11.1 Å². The van der Waals surface area contributed by atoms with E-state index >= 15 is 14.4 Å². The smallest absolute Gasteiger partial charge is 0.239 e. The molecule has 8 rings (SSSR count). The Labute approximate surface area is 292 Å². The minimum atomic E-state index is -1.48. The third kappa shape index (κ3) is 3.94. The predicted octanol–water partition coefficient (Wildman–Crippen LogP) is 7.50. The molecule has 1 saturated heterocycles. The van der Waals surface area contributed by atoms with Gasteiger partial charge in [0.25, 0.3) is 0 Å². The zero-order valence-electron chi connectivity index (χ0n) is 26.2. The van der Waals surface area contributed by atoms with Crippen LogP contribution in [0.2, 0.25) is 0 Å². The topological polar surface area (TPSA) is 72.9 Å². The number of hydrogen-bond donors (Lipinski definition) is 0. The molecule has 6 nitrogen and oxygen atoms in total. The molecule has 0 unspecified atom stereocenters. The van der Waals surface area contributed by atoms with Gasteiger partial charge in [-0.15, -0.1) is 0 Å². The number of imide groups is 1. The molecule has 48 heavy (non-hydrogen) atoms. The number of ketones is 1. The van der Waals surface area contributed by atoms with E-state index in [2.05, 4.69) is 22.6 Å². The predicted molar refractivity (Wildman–Crippen MR) is 193 cm³/mol. The number of carbonyl (C=O) groups is 3. The molecule has 5 aromatic rings. The van der Waals surface area contributed by atoms with E-state index in [0.29, 0.717) is 28.3 Å². The number of amides is 2. The summed E-state index contributed by atoms with van der Waals surface area (Å²) in [5.41, 5.74) is 1.92. The van der Waals surface area contributed by atoms with Crippen LogP contribution in [0.3, 0.4) is 0 Å². The lowest BCUT2D eigenvalue weighted by atomic mass is 9.59. The summed E-state index contributed by atoms with van der Waals surface area (Å²) in [6.45, 7) is 0. The maximum atomic E-state index is 16.0. The van der Waals surface area contributed by atoms with E-state index in [4.69, 9.17) is 9.47 Å². The molecule has 236 valence electrons. The second-order valence-electron chi connectivity index (χ2n) is 12.3. The Kier molecular flexibility index (Phi) is 7.14. The summed E-state index contributed by atoms with van der Waals surface area (Å²) in [6, 6.07) is 41.7. The molecule has 2 amide bonds. The molecule has 2 aliphatic carbocycles. The third-order valence-electron chi connectivity index (χ3n) is 10.3. The summed E-state index contributed by atoms with van der Waals surface area (Å²) in [4.78, 5) is 47.5. The number of benzene rings is 5. The number of fused-ring (bicyclic) bond motifs is 5. The van der Waals surface area contributed by atoms with Crippen LogP contribution < -0.4 is 14.4 Å². The van der Waals surface area contributed by atoms with Crippen molar-refractivity contribution in [2.24, 2.45) is 11.8 Å². The number of anilines is 1. The van der Waals surface area contributed by atoms with E-state index < -0.39 is 22.7 Å². The van der Waals surface area contributed by atoms with Gasteiger partial charge < -0.3 is 9.47 Å². The molecule has 3 aliphatic rings. The summed E-state index contributed by atoms with van der Waals surface area (Å²) in [5.74, 6) is -1.55. The van der Waals surface area contributed by atoms with Gasteiger partial charge in [-0.05, 0) is 105 Å². The molecule has 1 saturated carbocycles. The van der Waals surface area contributed by atoms with Crippen LogP contribution >= 0.6 is 22.6 Å². The van der Waals surface area contributed by atoms with Crippen molar-refractivity contribution in [1.29, 1.82) is 0 Å². The fourth-order valence-electron chi connectivity index (χ4n) is 8.48. The number of Topliss-reactive ketones (excluding diaryl/α,β-unsaturated/α-hetero) is 1. The van der Waals surface area contributed by atoms with Crippen LogP contribution in [-0.2, 0) is 25.2 Å². The standard InChI is InChI=1S/C41H30INO5/c1-47-31-21-13-25(14-22-31)33-34(26-15-23-32(48-2)24-16-26)41(28-11-7-4-8-12-28)36-35(40(33,39(41)46)27-9-5-3-6-10-27)37(44)43(38(36)45)30-19-17-29(42)18-20-30/h3-24,35-36H,1-2H3/t35-,36-,40-,41-/m1/s1. The van der Waals surface area contributed by atoms with Gasteiger partial charge >= 0.3 is 0 Å². The van der Waals surface area contributed by atoms with Gasteiger partial charge in [0.1, 0.15) is 11.5 Å². The highest BCUT2D eigenvalue weighted by molar-refractivity contribution is 14.1. The molecule has 0 N–H and O–H groups in total. The average molecular weight is 744 g/mol. The second-order valence-corrected chi connectivity index (χ2v) is 13.6. The van der Waals surface area contributed by atoms with Gasteiger partial charge in [0.05, 0.1) is 42.6 Å². The SMILES string of the molecule is COc1ccc(C2=C(c3ccc(OC)cc3)[C@@]3(c4ccccc4)C(=O)[C@@]2(c2ccccc2)[C@H]2C(=O)N(c4ccc(I)cc4)C(=O)[C@@H]23)cc1. The van der Waals surface area contributed by atoms with Crippen LogP contribution in [0.4, 0.5) is 5.69 Å². The molecule has 1 aliphatic heterocycles. The van der Waals surface area contributed by atoms with Crippen molar-refractivity contribution in [3.8, 4) is 11.5 Å². The minimum Gasteiger partial charge on any atom is -0.497 e. The molecule has 7 heteroatoms. The molecule has 1 heterocycles. The number of halogens is 1. The lowest BCUT2D eigenvalue weighted by Gasteiger charge is -2.39. The minimum absolute atomic E-state index is 0.164. The van der Waals surface area contributed by atoms with Crippen LogP contribution in [0.1, 0.15) is 22.3 Å². The second kappa shape index (κ2) is 11.3. The number of nitrogens with zero attached hydrogens (tertiary/aromatic N) is 1. The zero-order valence-corrected chi connectivity index (χ0v) is 28.4. The number of allylic oxidation sites excluding steroid dienone is 2. The highest BCUT2D eigenvalue weighted by atomic mass is 127. The lowest BCUT2D eigenvalue weighted by Crippen LogP contribution is -2.45. The van der Waals surface area contributed by atoms with Crippen LogP contribution in [-0.4, -0.2) is 31.8 Å². The van der Waals surface area contributed by atoms with Gasteiger partial charge in [-0.2, -0.15) is 0 Å². The summed E-state index contributed by atoms with van der Waals surface area (Å²) in [6.07, 6.45) is 0. The molecule has 0 spiro atoms. The van der Waals surface area contributed by atoms with Crippen molar-refractivity contribution in [2.75, 3.05) is 19.1 Å². The number of rotatable bonds is 7. The van der Waals surface area contributed by atoms with E-state index in [1.54, 1.807) is 26.4 Å². The van der Waals surface area contributed by atoms with Gasteiger partial charge in [-0.3, -0.25) is 14.4 Å². The van der Waals surface area contributed by atoms with Crippen molar-refractivity contribution >= 4 is 57.0 Å². The summed E-state index contributed by atoms with van der Waals surface area (Å²) < 4.78 is 12.0. The number of methoxy groups -OCH3 is 2. The van der Waals surface area contributed by atoms with Crippen LogP contribution in [0.15, 0.2) is 133 Å². The Morgan fingerprint density at radius 2 is 0.938 bits per heavy atom.